The molecule has 5 heteroatoms. The summed E-state index contributed by atoms with van der Waals surface area (Å²) in [7, 11) is 0. The number of hydrogen-bond donors (Lipinski definition) is 2. The highest BCUT2D eigenvalue weighted by atomic mass is 32.1. The van der Waals surface area contributed by atoms with Crippen molar-refractivity contribution in [2.24, 2.45) is 0 Å². The molecule has 0 saturated carbocycles. The van der Waals surface area contributed by atoms with Crippen molar-refractivity contribution < 1.29 is 4.74 Å². The Kier molecular flexibility index (Phi) is 4.84. The summed E-state index contributed by atoms with van der Waals surface area (Å²) in [6.45, 7) is 6.83. The van der Waals surface area contributed by atoms with E-state index in [4.69, 9.17) is 10.5 Å². The van der Waals surface area contributed by atoms with Crippen LogP contribution in [-0.4, -0.2) is 11.1 Å². The number of ether oxygens (including phenoxy) is 1. The van der Waals surface area contributed by atoms with Gasteiger partial charge in [0.2, 0.25) is 0 Å². The highest BCUT2D eigenvalue weighted by Gasteiger charge is 2.05. The van der Waals surface area contributed by atoms with Gasteiger partial charge in [0.1, 0.15) is 10.8 Å². The number of hydrogen-bond acceptors (Lipinski definition) is 5. The van der Waals surface area contributed by atoms with Crippen molar-refractivity contribution in [2.45, 2.75) is 39.8 Å². The Bertz CT molecular complexity index is 566. The minimum Gasteiger partial charge on any atom is -0.489 e. The third kappa shape index (κ3) is 3.87. The first-order valence-electron chi connectivity index (χ1n) is 6.82. The Morgan fingerprint density at radius 1 is 1.40 bits per heavy atom. The van der Waals surface area contributed by atoms with Gasteiger partial charge in [-0.15, -0.1) is 11.3 Å². The standard InChI is InChI=1S/C15H21N3OS/c1-4-12-8-18-15(20-12)9-17-11-5-6-13(16)14(7-11)19-10(2)3/h5-8,10,17H,4,9,16H2,1-3H3. The van der Waals surface area contributed by atoms with Gasteiger partial charge in [-0.1, -0.05) is 6.92 Å². The van der Waals surface area contributed by atoms with E-state index in [-0.39, 0.29) is 6.10 Å². The minimum absolute atomic E-state index is 0.110. The van der Waals surface area contributed by atoms with Crippen molar-refractivity contribution in [2.75, 3.05) is 11.1 Å². The summed E-state index contributed by atoms with van der Waals surface area (Å²) in [4.78, 5) is 5.70. The van der Waals surface area contributed by atoms with Crippen LogP contribution in [0.2, 0.25) is 0 Å². The van der Waals surface area contributed by atoms with Crippen LogP contribution in [-0.2, 0) is 13.0 Å². The zero-order valence-electron chi connectivity index (χ0n) is 12.1. The van der Waals surface area contributed by atoms with Crippen molar-refractivity contribution in [1.82, 2.24) is 4.98 Å². The molecular weight excluding hydrogens is 270 g/mol. The Morgan fingerprint density at radius 2 is 2.20 bits per heavy atom. The highest BCUT2D eigenvalue weighted by molar-refractivity contribution is 7.11. The van der Waals surface area contributed by atoms with Crippen LogP contribution in [0.5, 0.6) is 5.75 Å². The molecule has 0 aliphatic rings. The Hall–Kier alpha value is -1.75. The van der Waals surface area contributed by atoms with Crippen LogP contribution in [0.1, 0.15) is 30.7 Å². The summed E-state index contributed by atoms with van der Waals surface area (Å²) in [6.07, 6.45) is 3.09. The van der Waals surface area contributed by atoms with Crippen LogP contribution in [0.3, 0.4) is 0 Å². The lowest BCUT2D eigenvalue weighted by Crippen LogP contribution is -2.08. The van der Waals surface area contributed by atoms with Gasteiger partial charge in [-0.3, -0.25) is 0 Å². The van der Waals surface area contributed by atoms with Crippen molar-refractivity contribution in [1.29, 1.82) is 0 Å². The molecule has 1 aromatic heterocycles. The lowest BCUT2D eigenvalue weighted by Gasteiger charge is -2.14. The van der Waals surface area contributed by atoms with Gasteiger partial charge in [-0.2, -0.15) is 0 Å². The van der Waals surface area contributed by atoms with E-state index in [1.165, 1.54) is 4.88 Å². The molecule has 0 bridgehead atoms. The molecule has 2 rings (SSSR count). The molecule has 0 radical (unpaired) electrons. The molecular formula is C15H21N3OS. The molecule has 4 nitrogen and oxygen atoms in total. The van der Waals surface area contributed by atoms with Crippen LogP contribution >= 0.6 is 11.3 Å². The first kappa shape index (κ1) is 14.7. The molecule has 0 spiro atoms. The quantitative estimate of drug-likeness (QED) is 0.797. The molecule has 108 valence electrons. The Morgan fingerprint density at radius 3 is 2.85 bits per heavy atom. The fraction of sp³-hybridized carbons (Fsp3) is 0.400. The molecule has 20 heavy (non-hydrogen) atoms. The average Bonchev–Trinajstić information content (AvgIpc) is 2.87. The molecule has 3 N–H and O–H groups in total. The van der Waals surface area contributed by atoms with Crippen molar-refractivity contribution in [3.8, 4) is 5.75 Å². The molecule has 1 aromatic carbocycles. The average molecular weight is 291 g/mol. The van der Waals surface area contributed by atoms with E-state index < -0.39 is 0 Å². The largest absolute Gasteiger partial charge is 0.489 e. The fourth-order valence-electron chi connectivity index (χ4n) is 1.77. The maximum Gasteiger partial charge on any atom is 0.144 e. The van der Waals surface area contributed by atoms with E-state index in [0.29, 0.717) is 5.69 Å². The predicted molar refractivity (Wildman–Crippen MR) is 85.4 cm³/mol. The number of nitrogens with zero attached hydrogens (tertiary/aromatic N) is 1. The number of benzene rings is 1. The summed E-state index contributed by atoms with van der Waals surface area (Å²) < 4.78 is 5.68. The van der Waals surface area contributed by atoms with E-state index in [1.54, 1.807) is 11.3 Å². The molecule has 0 aliphatic heterocycles. The van der Waals surface area contributed by atoms with Crippen LogP contribution in [0.4, 0.5) is 11.4 Å². The lowest BCUT2D eigenvalue weighted by atomic mass is 10.2. The number of nitrogens with two attached hydrogens (primary N) is 1. The summed E-state index contributed by atoms with van der Waals surface area (Å²) >= 11 is 1.74. The van der Waals surface area contributed by atoms with Crippen molar-refractivity contribution in [3.05, 3.63) is 34.3 Å². The van der Waals surface area contributed by atoms with E-state index in [0.717, 1.165) is 29.4 Å². The monoisotopic (exact) mass is 291 g/mol. The van der Waals surface area contributed by atoms with Crippen LogP contribution in [0.15, 0.2) is 24.4 Å². The number of aromatic nitrogens is 1. The normalized spacial score (nSPS) is 10.8. The summed E-state index contributed by atoms with van der Waals surface area (Å²) in [5.41, 5.74) is 7.55. The molecule has 0 amide bonds. The second-order valence-corrected chi connectivity index (χ2v) is 6.05. The Labute approximate surface area is 124 Å². The van der Waals surface area contributed by atoms with Crippen molar-refractivity contribution >= 4 is 22.7 Å². The van der Waals surface area contributed by atoms with Gasteiger partial charge in [-0.25, -0.2) is 4.98 Å². The first-order valence-corrected chi connectivity index (χ1v) is 7.63. The summed E-state index contributed by atoms with van der Waals surface area (Å²) in [6, 6.07) is 5.75. The van der Waals surface area contributed by atoms with Crippen LogP contribution in [0, 0.1) is 0 Å². The zero-order chi connectivity index (χ0) is 14.5. The van der Waals surface area contributed by atoms with Gasteiger partial charge in [0.05, 0.1) is 18.3 Å². The molecule has 0 unspecified atom stereocenters. The van der Waals surface area contributed by atoms with Crippen LogP contribution < -0.4 is 15.8 Å². The number of aryl methyl sites for hydroxylation is 1. The van der Waals surface area contributed by atoms with Gasteiger partial charge in [0.15, 0.2) is 0 Å². The third-order valence-electron chi connectivity index (χ3n) is 2.77. The summed E-state index contributed by atoms with van der Waals surface area (Å²) in [5, 5.41) is 4.44. The van der Waals surface area contributed by atoms with Crippen molar-refractivity contribution in [3.63, 3.8) is 0 Å². The second-order valence-electron chi connectivity index (χ2n) is 4.85. The maximum atomic E-state index is 5.90. The second kappa shape index (κ2) is 6.61. The third-order valence-corrected chi connectivity index (χ3v) is 3.91. The predicted octanol–water partition coefficient (Wildman–Crippen LogP) is 3.69. The molecule has 0 saturated heterocycles. The molecule has 2 aromatic rings. The topological polar surface area (TPSA) is 60.2 Å². The van der Waals surface area contributed by atoms with Gasteiger partial charge in [-0.05, 0) is 32.4 Å². The van der Waals surface area contributed by atoms with Gasteiger partial charge in [0, 0.05) is 22.8 Å². The molecule has 0 aliphatic carbocycles. The Balaban J connectivity index is 2.02. The smallest absolute Gasteiger partial charge is 0.144 e. The minimum atomic E-state index is 0.110. The SMILES string of the molecule is CCc1cnc(CNc2ccc(N)c(OC(C)C)c2)s1. The maximum absolute atomic E-state index is 5.90. The van der Waals surface area contributed by atoms with E-state index in [9.17, 15) is 0 Å². The molecule has 0 atom stereocenters. The number of anilines is 2. The van der Waals surface area contributed by atoms with Gasteiger partial charge >= 0.3 is 0 Å². The van der Waals surface area contributed by atoms with Crippen LogP contribution in [0.25, 0.3) is 0 Å². The lowest BCUT2D eigenvalue weighted by molar-refractivity contribution is 0.244. The zero-order valence-corrected chi connectivity index (χ0v) is 13.0. The fourth-order valence-corrected chi connectivity index (χ4v) is 2.57. The highest BCUT2D eigenvalue weighted by Crippen LogP contribution is 2.27. The number of nitrogen functional groups attached to an aromatic ring is 1. The van der Waals surface area contributed by atoms with E-state index in [1.807, 2.05) is 38.2 Å². The molecule has 0 fully saturated rings. The number of thiazole rings is 1. The number of nitrogens with one attached hydrogen (secondary N) is 1. The first-order chi connectivity index (χ1) is 9.58. The molecule has 1 heterocycles. The number of rotatable bonds is 6. The van der Waals surface area contributed by atoms with Gasteiger partial charge < -0.3 is 15.8 Å². The van der Waals surface area contributed by atoms with Gasteiger partial charge in [0.25, 0.3) is 0 Å². The van der Waals surface area contributed by atoms with E-state index in [2.05, 4.69) is 17.2 Å². The summed E-state index contributed by atoms with van der Waals surface area (Å²) in [5.74, 6) is 0.721. The van der Waals surface area contributed by atoms with E-state index >= 15 is 0 Å².